The molecule has 4 atom stereocenters. The number of aromatic nitrogens is 3. The molecule has 4 bridgehead atoms. The zero-order valence-electron chi connectivity index (χ0n) is 35.6. The zero-order chi connectivity index (χ0) is 43.2. The van der Waals surface area contributed by atoms with Gasteiger partial charge in [-0.15, -0.1) is 0 Å². The monoisotopic (exact) mass is 835 g/mol. The van der Waals surface area contributed by atoms with E-state index < -0.39 is 70.2 Å². The van der Waals surface area contributed by atoms with Gasteiger partial charge in [0.15, 0.2) is 16.8 Å². The van der Waals surface area contributed by atoms with Crippen molar-refractivity contribution in [2.24, 2.45) is 0 Å². The molecule has 9 rings (SSSR count). The minimum atomic E-state index is -1.78. The Morgan fingerprint density at radius 3 is 1.41 bits per heavy atom. The van der Waals surface area contributed by atoms with Gasteiger partial charge in [0.2, 0.25) is 17.7 Å². The third kappa shape index (κ3) is 6.42. The van der Waals surface area contributed by atoms with Crippen LogP contribution in [0.15, 0.2) is 59.1 Å². The van der Waals surface area contributed by atoms with Gasteiger partial charge in [-0.1, -0.05) is 0 Å². The van der Waals surface area contributed by atoms with Crippen LogP contribution in [0.25, 0.3) is 22.1 Å². The summed E-state index contributed by atoms with van der Waals surface area (Å²) >= 11 is 0. The van der Waals surface area contributed by atoms with Gasteiger partial charge in [0.05, 0.1) is 6.20 Å². The van der Waals surface area contributed by atoms with Gasteiger partial charge in [0.25, 0.3) is 11.8 Å². The summed E-state index contributed by atoms with van der Waals surface area (Å²) in [5, 5.41) is 0. The molecule has 0 unspecified atom stereocenters. The third-order valence-electron chi connectivity index (χ3n) is 12.7. The molecule has 5 aromatic heterocycles. The first-order chi connectivity index (χ1) is 28.9. The van der Waals surface area contributed by atoms with Crippen molar-refractivity contribution in [1.82, 2.24) is 33.7 Å². The number of oxazole rings is 1. The first kappa shape index (κ1) is 40.5. The zero-order valence-corrected chi connectivity index (χ0v) is 35.6. The molecule has 0 aromatic carbocycles. The summed E-state index contributed by atoms with van der Waals surface area (Å²) < 4.78 is 21.4. The molecule has 4 aliphatic rings. The molecule has 0 spiro atoms. The molecule has 322 valence electrons. The lowest BCUT2D eigenvalue weighted by Gasteiger charge is -2.39. The molecule has 0 aliphatic carbocycles. The van der Waals surface area contributed by atoms with E-state index in [1.54, 1.807) is 50.7 Å². The van der Waals surface area contributed by atoms with Gasteiger partial charge in [-0.25, -0.2) is 14.6 Å². The minimum Gasteiger partial charge on any atom is -0.444 e. The molecule has 5 aromatic rings. The van der Waals surface area contributed by atoms with Gasteiger partial charge in [0.1, 0.15) is 23.3 Å². The first-order valence-electron chi connectivity index (χ1n) is 21.4. The number of carbonyl (C=O) groups is 6. The first-order valence-corrected chi connectivity index (χ1v) is 21.4. The Balaban J connectivity index is 1.15. The summed E-state index contributed by atoms with van der Waals surface area (Å²) in [6.07, 6.45) is 3.30. The van der Waals surface area contributed by atoms with Crippen LogP contribution in [0.1, 0.15) is 114 Å². The Morgan fingerprint density at radius 2 is 0.984 bits per heavy atom. The summed E-state index contributed by atoms with van der Waals surface area (Å²) in [7, 11) is 0. The summed E-state index contributed by atoms with van der Waals surface area (Å²) in [4.78, 5) is 98.3. The van der Waals surface area contributed by atoms with E-state index in [2.05, 4.69) is 0 Å². The van der Waals surface area contributed by atoms with E-state index in [0.717, 1.165) is 0 Å². The number of amides is 4. The maximum Gasteiger partial charge on any atom is 0.410 e. The quantitative estimate of drug-likeness (QED) is 0.182. The lowest BCUT2D eigenvalue weighted by atomic mass is 9.91. The van der Waals surface area contributed by atoms with Crippen molar-refractivity contribution < 1.29 is 42.7 Å². The predicted molar refractivity (Wildman–Crippen MR) is 221 cm³/mol. The van der Waals surface area contributed by atoms with Crippen LogP contribution in [0, 0.1) is 0 Å². The van der Waals surface area contributed by atoms with Gasteiger partial charge in [-0.2, -0.15) is 0 Å². The highest BCUT2D eigenvalue weighted by atomic mass is 16.6. The molecule has 0 N–H and O–H groups in total. The summed E-state index contributed by atoms with van der Waals surface area (Å²) in [5.74, 6) is -1.77. The Kier molecular flexibility index (Phi) is 9.51. The second kappa shape index (κ2) is 14.3. The highest BCUT2D eigenvalue weighted by Gasteiger charge is 2.61. The van der Waals surface area contributed by atoms with Crippen LogP contribution in [0.5, 0.6) is 0 Å². The van der Waals surface area contributed by atoms with Gasteiger partial charge in [-0.05, 0) is 141 Å². The fourth-order valence-electron chi connectivity index (χ4n) is 10.1. The molecule has 9 heterocycles. The summed E-state index contributed by atoms with van der Waals surface area (Å²) in [6.45, 7) is 11.6. The van der Waals surface area contributed by atoms with Crippen LogP contribution in [0.3, 0.4) is 0 Å². The van der Waals surface area contributed by atoms with E-state index in [0.29, 0.717) is 73.7 Å². The van der Waals surface area contributed by atoms with Gasteiger partial charge in [0, 0.05) is 48.2 Å². The molecule has 4 amide bonds. The number of ether oxygens (including phenoxy) is 2. The molecule has 4 saturated heterocycles. The lowest BCUT2D eigenvalue weighted by Crippen LogP contribution is -2.58. The van der Waals surface area contributed by atoms with E-state index in [1.807, 2.05) is 48.5 Å². The number of benzene rings is 2. The molecule has 4 aliphatic heterocycles. The minimum absolute atomic E-state index is 0.0522. The summed E-state index contributed by atoms with van der Waals surface area (Å²) in [5.41, 5.74) is -2.54. The second-order valence-electron chi connectivity index (χ2n) is 18.9. The van der Waals surface area contributed by atoms with Crippen molar-refractivity contribution in [3.05, 3.63) is 66.4 Å². The van der Waals surface area contributed by atoms with Crippen molar-refractivity contribution >= 4 is 57.9 Å². The Labute approximate surface area is 353 Å². The van der Waals surface area contributed by atoms with Gasteiger partial charge < -0.3 is 23.7 Å². The highest BCUT2D eigenvalue weighted by molar-refractivity contribution is 6.03. The van der Waals surface area contributed by atoms with E-state index in [1.165, 1.54) is 25.8 Å². The molecule has 16 heteroatoms. The molecule has 0 radical (unpaired) electrons. The fourth-order valence-corrected chi connectivity index (χ4v) is 10.1. The van der Waals surface area contributed by atoms with Crippen LogP contribution in [-0.4, -0.2) is 119 Å². The van der Waals surface area contributed by atoms with Crippen molar-refractivity contribution in [2.45, 2.75) is 127 Å². The standard InChI is InChI=1S/C45H53N7O9/c1-42(2,3)60-40(57)47-23-7-11-32(47)35(53)49-25-9-21-44(49,38(55)51-28-13-14-29(51)16-15-28)34-27-46-37(59-34)45(39(56)52-30-17-18-31(52)20-19-30)22-10-26-50(45)36(54)33-12-8-24-48(33)41(58)61-43(4,5)6/h13-20,27,32-33H,7-12,21-26H2,1-6H3/t32-,33-,44-,45-/m0/s1. The van der Waals surface area contributed by atoms with Crippen molar-refractivity contribution in [3.63, 3.8) is 0 Å². The number of rotatable bonds is 6. The molecule has 61 heavy (non-hydrogen) atoms. The molecular weight excluding hydrogens is 783 g/mol. The maximum absolute atomic E-state index is 15.4. The Bertz CT molecular complexity index is 2260. The lowest BCUT2D eigenvalue weighted by molar-refractivity contribution is -0.140. The Morgan fingerprint density at radius 1 is 0.590 bits per heavy atom. The average molecular weight is 836 g/mol. The third-order valence-corrected chi connectivity index (χ3v) is 12.7. The van der Waals surface area contributed by atoms with Crippen molar-refractivity contribution in [3.8, 4) is 0 Å². The van der Waals surface area contributed by atoms with E-state index >= 15 is 9.59 Å². The number of hydrogen-bond donors (Lipinski definition) is 0. The molecule has 16 nitrogen and oxygen atoms in total. The van der Waals surface area contributed by atoms with Crippen LogP contribution in [-0.2, 0) is 30.1 Å². The predicted octanol–water partition coefficient (Wildman–Crippen LogP) is 6.57. The normalized spacial score (nSPS) is 24.8. The van der Waals surface area contributed by atoms with Gasteiger partial charge in [-0.3, -0.25) is 38.1 Å². The number of carbonyl (C=O) groups excluding carboxylic acids is 6. The number of likely N-dealkylation sites (tertiary alicyclic amines) is 4. The van der Waals surface area contributed by atoms with Crippen LogP contribution >= 0.6 is 0 Å². The molecule has 0 saturated carbocycles. The molecule has 4 fully saturated rings. The Hall–Kier alpha value is -5.93. The van der Waals surface area contributed by atoms with Crippen molar-refractivity contribution in [2.75, 3.05) is 26.2 Å². The van der Waals surface area contributed by atoms with Crippen molar-refractivity contribution in [1.29, 1.82) is 0 Å². The smallest absolute Gasteiger partial charge is 0.410 e. The average Bonchev–Trinajstić information content (AvgIpc) is 4.06. The van der Waals surface area contributed by atoms with Gasteiger partial charge >= 0.3 is 12.2 Å². The number of nitrogens with zero attached hydrogens (tertiary/aromatic N) is 7. The topological polar surface area (TPSA) is 170 Å². The van der Waals surface area contributed by atoms with E-state index in [4.69, 9.17) is 18.9 Å². The highest BCUT2D eigenvalue weighted by Crippen LogP contribution is 2.48. The maximum atomic E-state index is 15.4. The van der Waals surface area contributed by atoms with E-state index in [9.17, 15) is 19.2 Å². The van der Waals surface area contributed by atoms with Crippen LogP contribution < -0.4 is 0 Å². The second-order valence-corrected chi connectivity index (χ2v) is 18.9. The molecular formula is C45H53N7O9. The van der Waals surface area contributed by atoms with Crippen LogP contribution in [0.2, 0.25) is 0 Å². The van der Waals surface area contributed by atoms with Crippen LogP contribution in [0.4, 0.5) is 9.59 Å². The fraction of sp³-hybridized carbons (Fsp3) is 0.533. The number of fused-ring (bicyclic) bond motifs is 4. The summed E-state index contributed by atoms with van der Waals surface area (Å²) in [6, 6.07) is 12.8. The number of hydrogen-bond acceptors (Lipinski definition) is 10. The SMILES string of the molecule is CC(C)(C)OC(=O)N1CCC[C@H]1C(=O)N1CCC[C@@]1(C(=O)n1c2ccc1cc2)c1cnc([C@]2(C(=O)n3c4ccc3cc4)CCCN2C(=O)[C@@H]2CCCN2C(=O)OC(C)(C)C)o1. The largest absolute Gasteiger partial charge is 0.444 e. The van der Waals surface area contributed by atoms with E-state index in [-0.39, 0.29) is 37.6 Å².